The molecule has 1 aliphatic heterocycles. The van der Waals surface area contributed by atoms with Crippen LogP contribution in [0, 0.1) is 17.8 Å². The van der Waals surface area contributed by atoms with Gasteiger partial charge in [0, 0.05) is 5.69 Å². The first-order chi connectivity index (χ1) is 12.7. The van der Waals surface area contributed by atoms with Crippen molar-refractivity contribution in [2.75, 3.05) is 12.4 Å². The predicted octanol–water partition coefficient (Wildman–Crippen LogP) is 3.36. The Labute approximate surface area is 153 Å². The fourth-order valence-electron chi connectivity index (χ4n) is 5.78. The van der Waals surface area contributed by atoms with Crippen LogP contribution in [-0.4, -0.2) is 13.1 Å². The van der Waals surface area contributed by atoms with Crippen molar-refractivity contribution in [2.24, 2.45) is 17.8 Å². The number of nitrogens with one attached hydrogen (secondary N) is 1. The number of aromatic carboxylic acids is 1. The molecule has 2 saturated carbocycles. The summed E-state index contributed by atoms with van der Waals surface area (Å²) in [6, 6.07) is 14.0. The molecule has 5 rings (SSSR count). The second kappa shape index (κ2) is 5.76. The molecule has 2 aliphatic carbocycles. The largest absolute Gasteiger partial charge is 0.545 e. The van der Waals surface area contributed by atoms with Crippen LogP contribution in [0.1, 0.15) is 52.7 Å². The molecular weight excluding hydrogens is 326 g/mol. The van der Waals surface area contributed by atoms with Gasteiger partial charge in [0.05, 0.1) is 19.1 Å². The third-order valence-electron chi connectivity index (χ3n) is 6.78. The lowest BCUT2D eigenvalue weighted by molar-refractivity contribution is -0.255. The minimum absolute atomic E-state index is 0.242. The maximum atomic E-state index is 11.3. The lowest BCUT2D eigenvalue weighted by Crippen LogP contribution is -2.36. The minimum Gasteiger partial charge on any atom is -0.545 e. The molecule has 26 heavy (non-hydrogen) atoms. The van der Waals surface area contributed by atoms with Crippen LogP contribution in [-0.2, 0) is 0 Å². The Kier molecular flexibility index (Phi) is 3.49. The SMILES string of the molecule is COc1cccc([C@@H]2Nc3ccc(C(=O)[O-])cc3[C@H]3[C@H]4CC[C@@H](C4)[C@H]32)c1. The lowest BCUT2D eigenvalue weighted by atomic mass is 9.68. The molecule has 0 saturated heterocycles. The van der Waals surface area contributed by atoms with Crippen molar-refractivity contribution in [2.45, 2.75) is 31.2 Å². The summed E-state index contributed by atoms with van der Waals surface area (Å²) in [7, 11) is 1.70. The molecule has 3 aliphatic rings. The molecule has 0 spiro atoms. The summed E-state index contributed by atoms with van der Waals surface area (Å²) in [4.78, 5) is 11.3. The van der Waals surface area contributed by atoms with E-state index in [9.17, 15) is 9.90 Å². The molecule has 0 unspecified atom stereocenters. The minimum atomic E-state index is -1.09. The van der Waals surface area contributed by atoms with Gasteiger partial charge in [-0.15, -0.1) is 0 Å². The number of carbonyl (C=O) groups is 1. The van der Waals surface area contributed by atoms with Gasteiger partial charge < -0.3 is 20.0 Å². The van der Waals surface area contributed by atoms with E-state index in [1.54, 1.807) is 13.2 Å². The van der Waals surface area contributed by atoms with Gasteiger partial charge in [-0.3, -0.25) is 0 Å². The molecule has 2 bridgehead atoms. The molecule has 5 atom stereocenters. The highest BCUT2D eigenvalue weighted by molar-refractivity contribution is 5.87. The molecule has 0 radical (unpaired) electrons. The van der Waals surface area contributed by atoms with E-state index in [0.717, 1.165) is 11.4 Å². The quantitative estimate of drug-likeness (QED) is 0.924. The molecular formula is C22H22NO3-. The zero-order valence-corrected chi connectivity index (χ0v) is 14.8. The van der Waals surface area contributed by atoms with Crippen molar-refractivity contribution >= 4 is 11.7 Å². The molecule has 0 aromatic heterocycles. The van der Waals surface area contributed by atoms with Crippen LogP contribution in [0.4, 0.5) is 5.69 Å². The van der Waals surface area contributed by atoms with Gasteiger partial charge in [0.15, 0.2) is 0 Å². The maximum Gasteiger partial charge on any atom is 0.119 e. The van der Waals surface area contributed by atoms with Crippen molar-refractivity contribution in [3.63, 3.8) is 0 Å². The first kappa shape index (κ1) is 15.7. The summed E-state index contributed by atoms with van der Waals surface area (Å²) >= 11 is 0. The molecule has 1 heterocycles. The maximum absolute atomic E-state index is 11.3. The smallest absolute Gasteiger partial charge is 0.119 e. The van der Waals surface area contributed by atoms with Crippen LogP contribution in [0.2, 0.25) is 0 Å². The summed E-state index contributed by atoms with van der Waals surface area (Å²) in [6.45, 7) is 0. The van der Waals surface area contributed by atoms with E-state index in [1.807, 2.05) is 24.3 Å². The summed E-state index contributed by atoms with van der Waals surface area (Å²) in [6.07, 6.45) is 3.79. The van der Waals surface area contributed by atoms with Crippen LogP contribution in [0.5, 0.6) is 5.75 Å². The Morgan fingerprint density at radius 1 is 1.15 bits per heavy atom. The monoisotopic (exact) mass is 348 g/mol. The van der Waals surface area contributed by atoms with Crippen LogP contribution in [0.15, 0.2) is 42.5 Å². The van der Waals surface area contributed by atoms with Crippen molar-refractivity contribution in [1.82, 2.24) is 0 Å². The van der Waals surface area contributed by atoms with Crippen molar-refractivity contribution in [3.8, 4) is 5.75 Å². The van der Waals surface area contributed by atoms with Crippen molar-refractivity contribution in [3.05, 3.63) is 59.2 Å². The zero-order valence-electron chi connectivity index (χ0n) is 14.8. The van der Waals surface area contributed by atoms with Gasteiger partial charge in [-0.25, -0.2) is 0 Å². The molecule has 134 valence electrons. The van der Waals surface area contributed by atoms with Crippen LogP contribution in [0.25, 0.3) is 0 Å². The Balaban J connectivity index is 1.62. The normalized spacial score (nSPS) is 31.0. The number of hydrogen-bond acceptors (Lipinski definition) is 4. The number of fused-ring (bicyclic) bond motifs is 7. The van der Waals surface area contributed by atoms with E-state index in [1.165, 1.54) is 30.4 Å². The van der Waals surface area contributed by atoms with E-state index in [-0.39, 0.29) is 11.6 Å². The second-order valence-electron chi connectivity index (χ2n) is 7.92. The summed E-state index contributed by atoms with van der Waals surface area (Å²) < 4.78 is 5.43. The number of anilines is 1. The number of benzene rings is 2. The average molecular weight is 348 g/mol. The molecule has 2 fully saturated rings. The van der Waals surface area contributed by atoms with Gasteiger partial charge in [-0.2, -0.15) is 0 Å². The van der Waals surface area contributed by atoms with Crippen molar-refractivity contribution in [1.29, 1.82) is 0 Å². The van der Waals surface area contributed by atoms with Gasteiger partial charge in [0.2, 0.25) is 0 Å². The Bertz CT molecular complexity index is 877. The number of rotatable bonds is 3. The van der Waals surface area contributed by atoms with E-state index in [2.05, 4.69) is 17.4 Å². The van der Waals surface area contributed by atoms with E-state index < -0.39 is 5.97 Å². The van der Waals surface area contributed by atoms with Gasteiger partial charge in [0.1, 0.15) is 5.75 Å². The third kappa shape index (κ3) is 2.24. The number of hydrogen-bond donors (Lipinski definition) is 1. The van der Waals surface area contributed by atoms with Crippen LogP contribution in [0.3, 0.4) is 0 Å². The van der Waals surface area contributed by atoms with Crippen LogP contribution < -0.4 is 15.2 Å². The zero-order chi connectivity index (χ0) is 17.8. The highest BCUT2D eigenvalue weighted by atomic mass is 16.5. The first-order valence-electron chi connectivity index (χ1n) is 9.41. The molecule has 2 aromatic carbocycles. The average Bonchev–Trinajstić information content (AvgIpc) is 3.29. The van der Waals surface area contributed by atoms with Crippen molar-refractivity contribution < 1.29 is 14.6 Å². The van der Waals surface area contributed by atoms with Gasteiger partial charge >= 0.3 is 0 Å². The fraction of sp³-hybridized carbons (Fsp3) is 0.409. The number of carbonyl (C=O) groups excluding carboxylic acids is 1. The summed E-state index contributed by atoms with van der Waals surface area (Å²) in [5.41, 5.74) is 3.77. The predicted molar refractivity (Wildman–Crippen MR) is 97.2 cm³/mol. The third-order valence-corrected chi connectivity index (χ3v) is 6.78. The number of ether oxygens (including phenoxy) is 1. The molecule has 4 heteroatoms. The lowest BCUT2D eigenvalue weighted by Gasteiger charge is -2.43. The van der Waals surface area contributed by atoms with Gasteiger partial charge in [0.25, 0.3) is 0 Å². The molecule has 1 N–H and O–H groups in total. The Hall–Kier alpha value is -2.49. The molecule has 2 aromatic rings. The van der Waals surface area contributed by atoms with Crippen LogP contribution >= 0.6 is 0 Å². The molecule has 0 amide bonds. The Morgan fingerprint density at radius 2 is 2.00 bits per heavy atom. The van der Waals surface area contributed by atoms with Gasteiger partial charge in [-0.05, 0) is 83.9 Å². The van der Waals surface area contributed by atoms with E-state index in [0.29, 0.717) is 23.7 Å². The number of methoxy groups -OCH3 is 1. The highest BCUT2D eigenvalue weighted by Gasteiger charge is 2.53. The topological polar surface area (TPSA) is 61.4 Å². The summed E-state index contributed by atoms with van der Waals surface area (Å²) in [5.74, 6) is 2.08. The van der Waals surface area contributed by atoms with Gasteiger partial charge in [-0.1, -0.05) is 18.2 Å². The standard InChI is InChI=1S/C22H23NO3/c1-26-16-4-2-3-14(10-16)21-20-13-6-5-12(9-13)19(20)17-11-15(22(24)25)7-8-18(17)23-21/h2-4,7-8,10-13,19-21,23H,5-6,9H2,1H3,(H,24,25)/p-1/t12-,13-,19+,20+,21-/m0/s1. The Morgan fingerprint density at radius 3 is 2.81 bits per heavy atom. The molecule has 4 nitrogen and oxygen atoms in total. The highest BCUT2D eigenvalue weighted by Crippen LogP contribution is 2.63. The fourth-order valence-corrected chi connectivity index (χ4v) is 5.78. The summed E-state index contributed by atoms with van der Waals surface area (Å²) in [5, 5.41) is 15.1. The number of carboxylic acids is 1. The number of carboxylic acid groups (broad SMARTS) is 1. The second-order valence-corrected chi connectivity index (χ2v) is 7.92. The van der Waals surface area contributed by atoms with E-state index in [4.69, 9.17) is 4.74 Å². The van der Waals surface area contributed by atoms with E-state index >= 15 is 0 Å². The first-order valence-corrected chi connectivity index (χ1v) is 9.41.